The molecule has 0 fully saturated rings. The molecule has 0 bridgehead atoms. The normalized spacial score (nSPS) is 16.2. The van der Waals surface area contributed by atoms with Crippen LogP contribution in [-0.2, 0) is 35.2 Å². The van der Waals surface area contributed by atoms with Crippen LogP contribution in [0.1, 0.15) is 27.8 Å². The summed E-state index contributed by atoms with van der Waals surface area (Å²) in [4.78, 5) is 3.88. The zero-order valence-electron chi connectivity index (χ0n) is 17.2. The Hall–Kier alpha value is -2.50. The van der Waals surface area contributed by atoms with Crippen molar-refractivity contribution in [3.05, 3.63) is 119 Å². The molecule has 2 aliphatic heterocycles. The van der Waals surface area contributed by atoms with Gasteiger partial charge in [-0.2, -0.15) is 0 Å². The molecule has 2 nitrogen and oxygen atoms in total. The van der Waals surface area contributed by atoms with E-state index < -0.39 is 22.4 Å². The summed E-state index contributed by atoms with van der Waals surface area (Å²) in [5, 5.41) is 0. The smallest absolute Gasteiger partial charge is 0.161 e. The Bertz CT molecular complexity index is 1210. The van der Waals surface area contributed by atoms with E-state index >= 15 is 0 Å². The van der Waals surface area contributed by atoms with Gasteiger partial charge in [-0.05, 0) is 31.2 Å². The SMILES string of the molecule is Cc1ccc2c(c1)Cc1ccccc1[S+]2[O-].[O-][S+]1c2ccccc2Cc2ccccc21. The van der Waals surface area contributed by atoms with E-state index in [0.717, 1.165) is 32.4 Å². The fourth-order valence-electron chi connectivity index (χ4n) is 4.17. The second-order valence-electron chi connectivity index (χ2n) is 7.83. The van der Waals surface area contributed by atoms with Crippen LogP contribution in [-0.4, -0.2) is 9.11 Å². The quantitative estimate of drug-likeness (QED) is 0.322. The predicted molar refractivity (Wildman–Crippen MR) is 125 cm³/mol. The molecule has 2 heterocycles. The molecule has 4 aromatic carbocycles. The van der Waals surface area contributed by atoms with Gasteiger partial charge >= 0.3 is 0 Å². The third kappa shape index (κ3) is 3.92. The molecule has 0 aromatic heterocycles. The van der Waals surface area contributed by atoms with Crippen LogP contribution in [0, 0.1) is 6.92 Å². The van der Waals surface area contributed by atoms with E-state index in [1.54, 1.807) is 0 Å². The Morgan fingerprint density at radius 3 is 1.39 bits per heavy atom. The zero-order chi connectivity index (χ0) is 21.4. The predicted octanol–water partition coefficient (Wildman–Crippen LogP) is 5.82. The molecule has 4 heteroatoms. The second kappa shape index (κ2) is 8.56. The van der Waals surface area contributed by atoms with Crippen molar-refractivity contribution in [2.24, 2.45) is 0 Å². The van der Waals surface area contributed by atoms with Gasteiger partial charge in [0.15, 0.2) is 19.6 Å². The standard InChI is InChI=1S/C14H12OS.C13H10OS/c1-10-6-7-14-12(8-10)9-11-4-2-3-5-13(11)16(14)15;14-15-12-7-3-1-5-10(12)9-11-6-2-4-8-13(11)15/h2-8H,9H2,1H3;1-8H,9H2. The minimum Gasteiger partial charge on any atom is -0.606 e. The Morgan fingerprint density at radius 2 is 0.903 bits per heavy atom. The molecule has 31 heavy (non-hydrogen) atoms. The van der Waals surface area contributed by atoms with Crippen LogP contribution in [0.25, 0.3) is 0 Å². The van der Waals surface area contributed by atoms with E-state index in [-0.39, 0.29) is 0 Å². The first-order valence-corrected chi connectivity index (χ1v) is 12.6. The minimum atomic E-state index is -0.998. The first kappa shape index (κ1) is 20.4. The highest BCUT2D eigenvalue weighted by Gasteiger charge is 2.28. The molecule has 0 saturated heterocycles. The molecule has 0 aliphatic carbocycles. The number of fused-ring (bicyclic) bond motifs is 4. The van der Waals surface area contributed by atoms with Crippen LogP contribution in [0.4, 0.5) is 0 Å². The fourth-order valence-corrected chi connectivity index (χ4v) is 6.94. The Balaban J connectivity index is 0.000000132. The van der Waals surface area contributed by atoms with Crippen molar-refractivity contribution in [2.75, 3.05) is 0 Å². The molecule has 1 unspecified atom stereocenters. The molecule has 154 valence electrons. The number of rotatable bonds is 0. The third-order valence-corrected chi connectivity index (χ3v) is 8.89. The molecular formula is C27H22O2S2. The van der Waals surface area contributed by atoms with Gasteiger partial charge in [0.05, 0.1) is 0 Å². The lowest BCUT2D eigenvalue weighted by Crippen LogP contribution is -2.14. The van der Waals surface area contributed by atoms with E-state index in [1.165, 1.54) is 27.8 Å². The number of benzene rings is 4. The van der Waals surface area contributed by atoms with E-state index in [4.69, 9.17) is 0 Å². The van der Waals surface area contributed by atoms with Gasteiger partial charge in [-0.1, -0.05) is 72.3 Å². The summed E-state index contributed by atoms with van der Waals surface area (Å²) >= 11 is -1.99. The van der Waals surface area contributed by atoms with Crippen LogP contribution in [0.3, 0.4) is 0 Å². The number of hydrogen-bond acceptors (Lipinski definition) is 2. The number of aryl methyl sites for hydroxylation is 1. The molecule has 2 aliphatic rings. The average molecular weight is 443 g/mol. The van der Waals surface area contributed by atoms with Gasteiger partial charge in [-0.3, -0.25) is 0 Å². The molecule has 1 atom stereocenters. The Kier molecular flexibility index (Phi) is 5.63. The van der Waals surface area contributed by atoms with Gasteiger partial charge in [0, 0.05) is 57.4 Å². The van der Waals surface area contributed by atoms with Gasteiger partial charge < -0.3 is 9.11 Å². The fraction of sp³-hybridized carbons (Fsp3) is 0.111. The average Bonchev–Trinajstić information content (AvgIpc) is 2.80. The van der Waals surface area contributed by atoms with Crippen molar-refractivity contribution < 1.29 is 9.11 Å². The van der Waals surface area contributed by atoms with E-state index in [0.29, 0.717) is 0 Å². The third-order valence-electron chi connectivity index (χ3n) is 5.69. The van der Waals surface area contributed by atoms with Crippen LogP contribution < -0.4 is 0 Å². The largest absolute Gasteiger partial charge is 0.606 e. The first-order valence-electron chi connectivity index (χ1n) is 10.3. The topological polar surface area (TPSA) is 46.1 Å². The van der Waals surface area contributed by atoms with E-state index in [2.05, 4.69) is 31.2 Å². The van der Waals surface area contributed by atoms with Gasteiger partial charge in [0.2, 0.25) is 0 Å². The van der Waals surface area contributed by atoms with Crippen LogP contribution in [0.2, 0.25) is 0 Å². The van der Waals surface area contributed by atoms with Crippen molar-refractivity contribution >= 4 is 22.4 Å². The molecule has 0 N–H and O–H groups in total. The monoisotopic (exact) mass is 442 g/mol. The summed E-state index contributed by atoms with van der Waals surface area (Å²) in [5.74, 6) is 0. The van der Waals surface area contributed by atoms with Gasteiger partial charge in [0.25, 0.3) is 0 Å². The molecule has 6 rings (SSSR count). The second-order valence-corrected chi connectivity index (χ2v) is 10.7. The van der Waals surface area contributed by atoms with Gasteiger partial charge in [-0.25, -0.2) is 0 Å². The van der Waals surface area contributed by atoms with Gasteiger partial charge in [-0.15, -0.1) is 0 Å². The van der Waals surface area contributed by atoms with Gasteiger partial charge in [0.1, 0.15) is 0 Å². The Morgan fingerprint density at radius 1 is 0.516 bits per heavy atom. The summed E-state index contributed by atoms with van der Waals surface area (Å²) in [6, 6.07) is 30.1. The first-order chi connectivity index (χ1) is 15.1. The maximum absolute atomic E-state index is 12.3. The summed E-state index contributed by atoms with van der Waals surface area (Å²) in [5.41, 5.74) is 6.01. The van der Waals surface area contributed by atoms with E-state index in [9.17, 15) is 9.11 Å². The van der Waals surface area contributed by atoms with Crippen molar-refractivity contribution in [1.82, 2.24) is 0 Å². The lowest BCUT2D eigenvalue weighted by molar-refractivity contribution is 0.589. The van der Waals surface area contributed by atoms with Crippen LogP contribution in [0.15, 0.2) is 111 Å². The maximum atomic E-state index is 12.3. The van der Waals surface area contributed by atoms with Crippen molar-refractivity contribution in [1.29, 1.82) is 0 Å². The highest BCUT2D eigenvalue weighted by molar-refractivity contribution is 7.92. The Labute approximate surface area is 189 Å². The molecule has 0 saturated carbocycles. The van der Waals surface area contributed by atoms with Crippen molar-refractivity contribution in [2.45, 2.75) is 39.3 Å². The highest BCUT2D eigenvalue weighted by atomic mass is 32.2. The summed E-state index contributed by atoms with van der Waals surface area (Å²) < 4.78 is 24.5. The number of hydrogen-bond donors (Lipinski definition) is 0. The lowest BCUT2D eigenvalue weighted by Gasteiger charge is -2.21. The van der Waals surface area contributed by atoms with Crippen molar-refractivity contribution in [3.8, 4) is 0 Å². The van der Waals surface area contributed by atoms with E-state index in [1.807, 2.05) is 66.7 Å². The lowest BCUT2D eigenvalue weighted by atomic mass is 10.0. The minimum absolute atomic E-state index is 0.901. The van der Waals surface area contributed by atoms with Crippen molar-refractivity contribution in [3.63, 3.8) is 0 Å². The summed E-state index contributed by atoms with van der Waals surface area (Å²) in [6.07, 6.45) is 1.80. The van der Waals surface area contributed by atoms with Crippen LogP contribution >= 0.6 is 0 Å². The molecule has 0 amide bonds. The maximum Gasteiger partial charge on any atom is 0.161 e. The summed E-state index contributed by atoms with van der Waals surface area (Å²) in [7, 11) is 0. The molecule has 0 radical (unpaired) electrons. The molecular weight excluding hydrogens is 420 g/mol. The summed E-state index contributed by atoms with van der Waals surface area (Å²) in [6.45, 7) is 2.07. The highest BCUT2D eigenvalue weighted by Crippen LogP contribution is 2.35. The molecule has 0 spiro atoms. The van der Waals surface area contributed by atoms with Crippen LogP contribution in [0.5, 0.6) is 0 Å². The zero-order valence-corrected chi connectivity index (χ0v) is 18.8. The molecule has 4 aromatic rings.